The van der Waals surface area contributed by atoms with E-state index in [1.54, 1.807) is 6.20 Å². The quantitative estimate of drug-likeness (QED) is 0.767. The van der Waals surface area contributed by atoms with Gasteiger partial charge in [-0.3, -0.25) is 9.69 Å². The fourth-order valence-electron chi connectivity index (χ4n) is 3.57. The van der Waals surface area contributed by atoms with E-state index in [0.717, 1.165) is 54.0 Å². The van der Waals surface area contributed by atoms with Crippen molar-refractivity contribution in [2.45, 2.75) is 32.9 Å². The molecule has 4 rings (SSSR count). The maximum Gasteiger partial charge on any atom is 0.253 e. The fraction of sp³-hybridized carbons (Fsp3) is 0.368. The number of hydrogen-bond acceptors (Lipinski definition) is 4. The van der Waals surface area contributed by atoms with E-state index in [-0.39, 0.29) is 11.9 Å². The number of carbonyl (C=O) groups is 1. The lowest BCUT2D eigenvalue weighted by atomic mass is 10.1. The smallest absolute Gasteiger partial charge is 0.253 e. The molecule has 1 atom stereocenters. The van der Waals surface area contributed by atoms with Crippen LogP contribution in [0.25, 0.3) is 10.9 Å². The molecule has 2 N–H and O–H groups in total. The van der Waals surface area contributed by atoms with E-state index in [1.807, 2.05) is 38.1 Å². The molecule has 130 valence electrons. The average Bonchev–Trinajstić information content (AvgIpc) is 3.30. The van der Waals surface area contributed by atoms with Crippen molar-refractivity contribution in [2.75, 3.05) is 13.1 Å². The first-order valence-electron chi connectivity index (χ1n) is 8.63. The summed E-state index contributed by atoms with van der Waals surface area (Å²) in [5.41, 5.74) is 3.80. The molecule has 0 radical (unpaired) electrons. The van der Waals surface area contributed by atoms with Crippen molar-refractivity contribution in [3.05, 3.63) is 53.0 Å². The van der Waals surface area contributed by atoms with Crippen molar-refractivity contribution in [1.29, 1.82) is 0 Å². The molecule has 1 unspecified atom stereocenters. The highest BCUT2D eigenvalue weighted by molar-refractivity contribution is 6.06. The standard InChI is InChI=1S/C19H22N4O2/c1-12-17(13(2)25-22-12)11-23-8-7-14(10-23)21-19(24)16-9-20-18-6-4-3-5-15(16)18/h3-6,9,14,20H,7-8,10-11H2,1-2H3,(H,21,24). The maximum absolute atomic E-state index is 12.6. The number of aromatic nitrogens is 2. The van der Waals surface area contributed by atoms with Gasteiger partial charge in [0.1, 0.15) is 5.76 Å². The second-order valence-electron chi connectivity index (χ2n) is 6.74. The van der Waals surface area contributed by atoms with Crippen LogP contribution in [0.5, 0.6) is 0 Å². The minimum atomic E-state index is -0.0124. The third-order valence-electron chi connectivity index (χ3n) is 5.00. The number of aryl methyl sites for hydroxylation is 2. The molecule has 1 aliphatic rings. The number of amides is 1. The molecule has 0 aliphatic carbocycles. The highest BCUT2D eigenvalue weighted by Gasteiger charge is 2.26. The van der Waals surface area contributed by atoms with E-state index in [9.17, 15) is 4.79 Å². The zero-order chi connectivity index (χ0) is 17.4. The minimum absolute atomic E-state index is 0.0124. The van der Waals surface area contributed by atoms with Gasteiger partial charge in [-0.1, -0.05) is 23.4 Å². The Morgan fingerprint density at radius 3 is 3.04 bits per heavy atom. The molecular weight excluding hydrogens is 316 g/mol. The number of nitrogens with zero attached hydrogens (tertiary/aromatic N) is 2. The van der Waals surface area contributed by atoms with E-state index in [1.165, 1.54) is 0 Å². The molecule has 25 heavy (non-hydrogen) atoms. The van der Waals surface area contributed by atoms with Crippen molar-refractivity contribution in [3.8, 4) is 0 Å². The number of fused-ring (bicyclic) bond motifs is 1. The first-order valence-corrected chi connectivity index (χ1v) is 8.63. The molecule has 1 saturated heterocycles. The predicted molar refractivity (Wildman–Crippen MR) is 95.4 cm³/mol. The van der Waals surface area contributed by atoms with Gasteiger partial charge in [0.15, 0.2) is 0 Å². The minimum Gasteiger partial charge on any atom is -0.361 e. The molecule has 6 nitrogen and oxygen atoms in total. The normalized spacial score (nSPS) is 18.1. The summed E-state index contributed by atoms with van der Waals surface area (Å²) in [4.78, 5) is 18.1. The summed E-state index contributed by atoms with van der Waals surface area (Å²) in [6, 6.07) is 8.03. The van der Waals surface area contributed by atoms with Crippen LogP contribution in [0.2, 0.25) is 0 Å². The molecule has 0 spiro atoms. The summed E-state index contributed by atoms with van der Waals surface area (Å²) < 4.78 is 5.24. The fourth-order valence-corrected chi connectivity index (χ4v) is 3.57. The summed E-state index contributed by atoms with van der Waals surface area (Å²) >= 11 is 0. The van der Waals surface area contributed by atoms with Crippen molar-refractivity contribution >= 4 is 16.8 Å². The lowest BCUT2D eigenvalue weighted by Gasteiger charge is -2.16. The summed E-state index contributed by atoms with van der Waals surface area (Å²) in [6.07, 6.45) is 2.74. The number of benzene rings is 1. The monoisotopic (exact) mass is 338 g/mol. The maximum atomic E-state index is 12.6. The van der Waals surface area contributed by atoms with E-state index in [0.29, 0.717) is 5.56 Å². The van der Waals surface area contributed by atoms with Crippen LogP contribution >= 0.6 is 0 Å². The Morgan fingerprint density at radius 2 is 2.24 bits per heavy atom. The van der Waals surface area contributed by atoms with Gasteiger partial charge in [-0.25, -0.2) is 0 Å². The van der Waals surface area contributed by atoms with Gasteiger partial charge >= 0.3 is 0 Å². The van der Waals surface area contributed by atoms with Gasteiger partial charge in [0.25, 0.3) is 5.91 Å². The Bertz CT molecular complexity index is 892. The number of carbonyl (C=O) groups excluding carboxylic acids is 1. The molecule has 1 aliphatic heterocycles. The van der Waals surface area contributed by atoms with Crippen LogP contribution in [0.15, 0.2) is 35.0 Å². The van der Waals surface area contributed by atoms with Gasteiger partial charge in [-0.05, 0) is 26.3 Å². The summed E-state index contributed by atoms with van der Waals surface area (Å²) in [6.45, 7) is 6.54. The second-order valence-corrected chi connectivity index (χ2v) is 6.74. The van der Waals surface area contributed by atoms with Crippen LogP contribution in [-0.2, 0) is 6.54 Å². The molecule has 1 aromatic carbocycles. The van der Waals surface area contributed by atoms with E-state index < -0.39 is 0 Å². The zero-order valence-corrected chi connectivity index (χ0v) is 14.5. The summed E-state index contributed by atoms with van der Waals surface area (Å²) in [5.74, 6) is 0.866. The third-order valence-corrected chi connectivity index (χ3v) is 5.00. The predicted octanol–water partition coefficient (Wildman–Crippen LogP) is 2.78. The van der Waals surface area contributed by atoms with Crippen LogP contribution in [0.3, 0.4) is 0 Å². The van der Waals surface area contributed by atoms with Crippen molar-refractivity contribution in [1.82, 2.24) is 20.4 Å². The molecule has 1 amide bonds. The molecule has 1 fully saturated rings. The van der Waals surface area contributed by atoms with Gasteiger partial charge in [-0.2, -0.15) is 0 Å². The molecule has 0 saturated carbocycles. The largest absolute Gasteiger partial charge is 0.361 e. The van der Waals surface area contributed by atoms with Crippen molar-refractivity contribution < 1.29 is 9.32 Å². The Labute approximate surface area is 146 Å². The highest BCUT2D eigenvalue weighted by atomic mass is 16.5. The van der Waals surface area contributed by atoms with Crippen LogP contribution in [0.1, 0.15) is 33.8 Å². The molecular formula is C19H22N4O2. The SMILES string of the molecule is Cc1noc(C)c1CN1CCC(NC(=O)c2c[nH]c3ccccc23)C1. The van der Waals surface area contributed by atoms with Crippen LogP contribution < -0.4 is 5.32 Å². The lowest BCUT2D eigenvalue weighted by molar-refractivity contribution is 0.0939. The number of rotatable bonds is 4. The van der Waals surface area contributed by atoms with Gasteiger partial charge in [0.2, 0.25) is 0 Å². The first kappa shape index (κ1) is 15.9. The van der Waals surface area contributed by atoms with E-state index >= 15 is 0 Å². The van der Waals surface area contributed by atoms with Crippen molar-refractivity contribution in [3.63, 3.8) is 0 Å². The Kier molecular flexibility index (Phi) is 4.05. The Hall–Kier alpha value is -2.60. The summed E-state index contributed by atoms with van der Waals surface area (Å²) in [5, 5.41) is 8.15. The number of aromatic amines is 1. The van der Waals surface area contributed by atoms with Crippen LogP contribution in [0, 0.1) is 13.8 Å². The molecule has 2 aromatic heterocycles. The van der Waals surface area contributed by atoms with Gasteiger partial charge in [0, 0.05) is 48.3 Å². The highest BCUT2D eigenvalue weighted by Crippen LogP contribution is 2.20. The van der Waals surface area contributed by atoms with Gasteiger partial charge in [0.05, 0.1) is 11.3 Å². The van der Waals surface area contributed by atoms with Crippen molar-refractivity contribution in [2.24, 2.45) is 0 Å². The zero-order valence-electron chi connectivity index (χ0n) is 14.5. The average molecular weight is 338 g/mol. The summed E-state index contributed by atoms with van der Waals surface area (Å²) in [7, 11) is 0. The van der Waals surface area contributed by atoms with Crippen LogP contribution in [-0.4, -0.2) is 40.1 Å². The van der Waals surface area contributed by atoms with E-state index in [4.69, 9.17) is 4.52 Å². The number of likely N-dealkylation sites (tertiary alicyclic amines) is 1. The van der Waals surface area contributed by atoms with Gasteiger partial charge < -0.3 is 14.8 Å². The number of H-pyrrole nitrogens is 1. The molecule has 6 heteroatoms. The molecule has 3 heterocycles. The molecule has 3 aromatic rings. The third kappa shape index (κ3) is 3.05. The van der Waals surface area contributed by atoms with Gasteiger partial charge in [-0.15, -0.1) is 0 Å². The number of hydrogen-bond donors (Lipinski definition) is 2. The number of nitrogens with one attached hydrogen (secondary N) is 2. The Morgan fingerprint density at radius 1 is 1.40 bits per heavy atom. The topological polar surface area (TPSA) is 74.2 Å². The van der Waals surface area contributed by atoms with E-state index in [2.05, 4.69) is 20.4 Å². The second kappa shape index (κ2) is 6.37. The van der Waals surface area contributed by atoms with Crippen LogP contribution in [0.4, 0.5) is 0 Å². The molecule has 0 bridgehead atoms. The first-order chi connectivity index (χ1) is 12.1. The lowest BCUT2D eigenvalue weighted by Crippen LogP contribution is -2.36. The number of para-hydroxylation sites is 1. The Balaban J connectivity index is 1.40.